The van der Waals surface area contributed by atoms with Gasteiger partial charge in [0.15, 0.2) is 0 Å². The first kappa shape index (κ1) is 32.9. The first-order valence-electron chi connectivity index (χ1n) is 13.4. The average molecular weight is 614 g/mol. The molecule has 4 unspecified atom stereocenters. The quantitative estimate of drug-likeness (QED) is 0.113. The lowest BCUT2D eigenvalue weighted by Gasteiger charge is -2.25. The van der Waals surface area contributed by atoms with Gasteiger partial charge in [-0.05, 0) is 47.8 Å². The maximum Gasteiger partial charge on any atom is 0.326 e. The van der Waals surface area contributed by atoms with Crippen molar-refractivity contribution in [3.8, 4) is 5.75 Å². The predicted molar refractivity (Wildman–Crippen MR) is 160 cm³/mol. The third kappa shape index (κ3) is 9.75. The standard InChI is InChI=1S/C29H35N5O8S/c1-43-11-10-22(29(41)42)32-27(39)23(12-16-6-8-18(35)9-7-16)34-28(40)24(33-26(38)20(30)14-25(36)37)13-17-15-31-21-5-3-2-4-19(17)21/h2-9,15,20,22-24,31,35H,10-14,30H2,1H3,(H,32,39)(H,33,38)(H,34,40)(H,36,37)(H,41,42). The number of hydrogen-bond donors (Lipinski definition) is 8. The second-order valence-electron chi connectivity index (χ2n) is 9.94. The Hall–Kier alpha value is -4.56. The highest BCUT2D eigenvalue weighted by molar-refractivity contribution is 7.98. The maximum absolute atomic E-state index is 13.7. The molecule has 9 N–H and O–H groups in total. The number of carbonyl (C=O) groups excluding carboxylic acids is 3. The second-order valence-corrected chi connectivity index (χ2v) is 10.9. The number of carboxylic acids is 2. The Morgan fingerprint density at radius 1 is 0.860 bits per heavy atom. The number of nitrogens with one attached hydrogen (secondary N) is 4. The van der Waals surface area contributed by atoms with E-state index in [1.807, 2.05) is 24.3 Å². The van der Waals surface area contributed by atoms with Crippen molar-refractivity contribution in [1.29, 1.82) is 0 Å². The molecule has 0 aliphatic rings. The van der Waals surface area contributed by atoms with Crippen molar-refractivity contribution in [3.63, 3.8) is 0 Å². The molecule has 0 fully saturated rings. The van der Waals surface area contributed by atoms with Gasteiger partial charge in [0, 0.05) is 29.9 Å². The minimum atomic E-state index is -1.43. The SMILES string of the molecule is CSCCC(NC(=O)C(Cc1ccc(O)cc1)NC(=O)C(Cc1c[nH]c2ccccc12)NC(=O)C(N)CC(=O)O)C(=O)O. The number of carboxylic acid groups (broad SMARTS) is 2. The fourth-order valence-electron chi connectivity index (χ4n) is 4.40. The number of aromatic hydroxyl groups is 1. The lowest BCUT2D eigenvalue weighted by molar-refractivity contribution is -0.142. The van der Waals surface area contributed by atoms with Crippen LogP contribution in [0.2, 0.25) is 0 Å². The number of benzene rings is 2. The number of aliphatic carboxylic acids is 2. The zero-order valence-electron chi connectivity index (χ0n) is 23.4. The Morgan fingerprint density at radius 2 is 1.47 bits per heavy atom. The van der Waals surface area contributed by atoms with Gasteiger partial charge < -0.3 is 42.0 Å². The van der Waals surface area contributed by atoms with Crippen LogP contribution in [0.3, 0.4) is 0 Å². The van der Waals surface area contributed by atoms with Crippen LogP contribution >= 0.6 is 11.8 Å². The highest BCUT2D eigenvalue weighted by atomic mass is 32.2. The molecular weight excluding hydrogens is 578 g/mol. The first-order chi connectivity index (χ1) is 20.5. The molecule has 0 aliphatic carbocycles. The number of fused-ring (bicyclic) bond motifs is 1. The van der Waals surface area contributed by atoms with Gasteiger partial charge in [-0.25, -0.2) is 4.79 Å². The summed E-state index contributed by atoms with van der Waals surface area (Å²) in [6.45, 7) is 0. The van der Waals surface area contributed by atoms with E-state index < -0.39 is 60.2 Å². The van der Waals surface area contributed by atoms with Gasteiger partial charge in [0.2, 0.25) is 17.7 Å². The molecule has 0 radical (unpaired) electrons. The summed E-state index contributed by atoms with van der Waals surface area (Å²) in [6, 6.07) is 8.08. The maximum atomic E-state index is 13.7. The van der Waals surface area contributed by atoms with E-state index in [1.165, 1.54) is 23.9 Å². The summed E-state index contributed by atoms with van der Waals surface area (Å²) in [5.41, 5.74) is 7.77. The van der Waals surface area contributed by atoms with Crippen LogP contribution in [-0.4, -0.2) is 86.1 Å². The third-order valence-electron chi connectivity index (χ3n) is 6.70. The summed E-state index contributed by atoms with van der Waals surface area (Å²) in [5, 5.41) is 36.8. The molecule has 1 aromatic heterocycles. The number of amides is 3. The van der Waals surface area contributed by atoms with Gasteiger partial charge in [0.25, 0.3) is 0 Å². The number of phenolic OH excluding ortho intramolecular Hbond substituents is 1. The number of aromatic nitrogens is 1. The molecule has 0 saturated heterocycles. The smallest absolute Gasteiger partial charge is 0.326 e. The molecule has 14 heteroatoms. The van der Waals surface area contributed by atoms with Crippen molar-refractivity contribution in [3.05, 3.63) is 65.9 Å². The molecule has 43 heavy (non-hydrogen) atoms. The molecule has 0 saturated carbocycles. The predicted octanol–water partition coefficient (Wildman–Crippen LogP) is 0.753. The molecule has 3 amide bonds. The lowest BCUT2D eigenvalue weighted by Crippen LogP contribution is -2.58. The fourth-order valence-corrected chi connectivity index (χ4v) is 4.88. The zero-order chi connectivity index (χ0) is 31.5. The van der Waals surface area contributed by atoms with E-state index >= 15 is 0 Å². The van der Waals surface area contributed by atoms with Gasteiger partial charge in [-0.2, -0.15) is 11.8 Å². The van der Waals surface area contributed by atoms with E-state index in [0.717, 1.165) is 10.9 Å². The van der Waals surface area contributed by atoms with Crippen LogP contribution in [-0.2, 0) is 36.8 Å². The summed E-state index contributed by atoms with van der Waals surface area (Å²) in [6.07, 6.45) is 2.89. The number of thioether (sulfide) groups is 1. The lowest BCUT2D eigenvalue weighted by atomic mass is 10.0. The molecule has 1 heterocycles. The van der Waals surface area contributed by atoms with Crippen LogP contribution in [0, 0.1) is 0 Å². The van der Waals surface area contributed by atoms with Crippen molar-refractivity contribution in [2.45, 2.75) is 49.9 Å². The molecular formula is C29H35N5O8S. The Labute approximate surface area is 251 Å². The van der Waals surface area contributed by atoms with Gasteiger partial charge in [-0.3, -0.25) is 19.2 Å². The Morgan fingerprint density at radius 3 is 2.09 bits per heavy atom. The van der Waals surface area contributed by atoms with Crippen molar-refractivity contribution in [2.24, 2.45) is 5.73 Å². The first-order valence-corrected chi connectivity index (χ1v) is 14.8. The van der Waals surface area contributed by atoms with Crippen LogP contribution in [0.15, 0.2) is 54.7 Å². The Bertz CT molecular complexity index is 1440. The van der Waals surface area contributed by atoms with Gasteiger partial charge in [0.1, 0.15) is 23.9 Å². The van der Waals surface area contributed by atoms with E-state index in [2.05, 4.69) is 20.9 Å². The summed E-state index contributed by atoms with van der Waals surface area (Å²) in [4.78, 5) is 65.9. The fraction of sp³-hybridized carbons (Fsp3) is 0.345. The number of nitrogens with two attached hydrogens (primary N) is 1. The molecule has 0 bridgehead atoms. The molecule has 3 aromatic rings. The number of aromatic amines is 1. The molecule has 13 nitrogen and oxygen atoms in total. The van der Waals surface area contributed by atoms with Crippen LogP contribution in [0.1, 0.15) is 24.0 Å². The van der Waals surface area contributed by atoms with Gasteiger partial charge >= 0.3 is 11.9 Å². The third-order valence-corrected chi connectivity index (χ3v) is 7.34. The monoisotopic (exact) mass is 613 g/mol. The number of hydrogen-bond acceptors (Lipinski definition) is 8. The number of para-hydroxylation sites is 1. The Balaban J connectivity index is 1.90. The summed E-state index contributed by atoms with van der Waals surface area (Å²) in [7, 11) is 0. The highest BCUT2D eigenvalue weighted by Crippen LogP contribution is 2.20. The van der Waals surface area contributed by atoms with Crippen LogP contribution in [0.5, 0.6) is 5.75 Å². The topological polar surface area (TPSA) is 224 Å². The van der Waals surface area contributed by atoms with Gasteiger partial charge in [0.05, 0.1) is 12.5 Å². The molecule has 0 aliphatic heterocycles. The van der Waals surface area contributed by atoms with Gasteiger partial charge in [-0.1, -0.05) is 30.3 Å². The van der Waals surface area contributed by atoms with Crippen LogP contribution in [0.25, 0.3) is 10.9 Å². The molecule has 4 atom stereocenters. The molecule has 0 spiro atoms. The van der Waals surface area contributed by atoms with E-state index in [9.17, 15) is 34.2 Å². The zero-order valence-corrected chi connectivity index (χ0v) is 24.2. The van der Waals surface area contributed by atoms with E-state index in [1.54, 1.807) is 24.6 Å². The second kappa shape index (κ2) is 15.6. The van der Waals surface area contributed by atoms with Gasteiger partial charge in [-0.15, -0.1) is 0 Å². The van der Waals surface area contributed by atoms with Crippen LogP contribution < -0.4 is 21.7 Å². The minimum Gasteiger partial charge on any atom is -0.508 e. The average Bonchev–Trinajstić information content (AvgIpc) is 3.37. The van der Waals surface area contributed by atoms with Crippen molar-refractivity contribution in [2.75, 3.05) is 12.0 Å². The van der Waals surface area contributed by atoms with E-state index in [-0.39, 0.29) is 25.0 Å². The highest BCUT2D eigenvalue weighted by Gasteiger charge is 2.31. The van der Waals surface area contributed by atoms with E-state index in [0.29, 0.717) is 16.9 Å². The van der Waals surface area contributed by atoms with Crippen molar-refractivity contribution in [1.82, 2.24) is 20.9 Å². The van der Waals surface area contributed by atoms with Crippen molar-refractivity contribution < 1.29 is 39.3 Å². The Kier molecular flexibility index (Phi) is 12.0. The largest absolute Gasteiger partial charge is 0.508 e. The number of carbonyl (C=O) groups is 5. The normalized spacial score (nSPS) is 13.8. The molecule has 2 aromatic carbocycles. The number of H-pyrrole nitrogens is 1. The molecule has 3 rings (SSSR count). The van der Waals surface area contributed by atoms with Crippen molar-refractivity contribution >= 4 is 52.3 Å². The number of rotatable bonds is 16. The van der Waals surface area contributed by atoms with Crippen LogP contribution in [0.4, 0.5) is 0 Å². The minimum absolute atomic E-state index is 0.00370. The summed E-state index contributed by atoms with van der Waals surface area (Å²) < 4.78 is 0. The molecule has 230 valence electrons. The number of phenols is 1. The summed E-state index contributed by atoms with van der Waals surface area (Å²) >= 11 is 1.42. The summed E-state index contributed by atoms with van der Waals surface area (Å²) in [5.74, 6) is -4.44. The van der Waals surface area contributed by atoms with E-state index in [4.69, 9.17) is 10.8 Å².